The van der Waals surface area contributed by atoms with E-state index in [2.05, 4.69) is 25.4 Å². The second kappa shape index (κ2) is 6.77. The van der Waals surface area contributed by atoms with Crippen LogP contribution in [-0.4, -0.2) is 40.2 Å². The molecule has 0 spiro atoms. The minimum absolute atomic E-state index is 0.146. The summed E-state index contributed by atoms with van der Waals surface area (Å²) in [5, 5.41) is 12.1. The van der Waals surface area contributed by atoms with Crippen LogP contribution in [-0.2, 0) is 0 Å². The highest BCUT2D eigenvalue weighted by Gasteiger charge is 2.23. The highest BCUT2D eigenvalue weighted by Crippen LogP contribution is 2.31. The SMILES string of the molecule is Nc1ccc(N2CCC(N)C2)c(NC(=O)c2csc(-c3cn[nH]c3)n2)c1. The minimum atomic E-state index is -0.272. The van der Waals surface area contributed by atoms with E-state index in [0.29, 0.717) is 17.1 Å². The van der Waals surface area contributed by atoms with Gasteiger partial charge in [0, 0.05) is 42.0 Å². The van der Waals surface area contributed by atoms with Gasteiger partial charge in [-0.25, -0.2) is 4.98 Å². The Balaban J connectivity index is 1.57. The number of benzene rings is 1. The largest absolute Gasteiger partial charge is 0.399 e. The lowest BCUT2D eigenvalue weighted by Gasteiger charge is -2.22. The smallest absolute Gasteiger partial charge is 0.275 e. The van der Waals surface area contributed by atoms with Crippen LogP contribution in [0.4, 0.5) is 17.1 Å². The number of nitrogens with two attached hydrogens (primary N) is 2. The summed E-state index contributed by atoms with van der Waals surface area (Å²) < 4.78 is 0. The molecule has 4 rings (SSSR count). The first-order valence-electron chi connectivity index (χ1n) is 8.26. The van der Waals surface area contributed by atoms with Gasteiger partial charge in [0.15, 0.2) is 0 Å². The number of amides is 1. The van der Waals surface area contributed by atoms with Crippen LogP contribution in [0, 0.1) is 0 Å². The molecule has 1 aliphatic rings. The van der Waals surface area contributed by atoms with Gasteiger partial charge in [0.05, 0.1) is 17.6 Å². The molecule has 0 bridgehead atoms. The van der Waals surface area contributed by atoms with E-state index < -0.39 is 0 Å². The van der Waals surface area contributed by atoms with Crippen LogP contribution in [0.15, 0.2) is 36.0 Å². The van der Waals surface area contributed by atoms with Crippen LogP contribution in [0.2, 0.25) is 0 Å². The number of nitrogen functional groups attached to an aromatic ring is 1. The molecule has 1 aliphatic heterocycles. The summed E-state index contributed by atoms with van der Waals surface area (Å²) in [4.78, 5) is 19.2. The van der Waals surface area contributed by atoms with Crippen molar-refractivity contribution in [3.05, 3.63) is 41.7 Å². The van der Waals surface area contributed by atoms with Gasteiger partial charge >= 0.3 is 0 Å². The molecule has 9 heteroatoms. The van der Waals surface area contributed by atoms with Gasteiger partial charge in [0.2, 0.25) is 0 Å². The predicted octanol–water partition coefficient (Wildman–Crippen LogP) is 1.91. The lowest BCUT2D eigenvalue weighted by atomic mass is 10.2. The summed E-state index contributed by atoms with van der Waals surface area (Å²) in [6.07, 6.45) is 4.35. The zero-order valence-corrected chi connectivity index (χ0v) is 14.8. The molecular formula is C17H19N7OS. The van der Waals surface area contributed by atoms with Crippen molar-refractivity contribution in [2.45, 2.75) is 12.5 Å². The van der Waals surface area contributed by atoms with Gasteiger partial charge in [-0.2, -0.15) is 5.10 Å². The van der Waals surface area contributed by atoms with Gasteiger partial charge in [-0.05, 0) is 24.6 Å². The Morgan fingerprint density at radius 2 is 2.31 bits per heavy atom. The summed E-state index contributed by atoms with van der Waals surface area (Å²) in [6.45, 7) is 1.61. The predicted molar refractivity (Wildman–Crippen MR) is 103 cm³/mol. The zero-order chi connectivity index (χ0) is 18.1. The number of hydrogen-bond acceptors (Lipinski definition) is 7. The van der Waals surface area contributed by atoms with Crippen molar-refractivity contribution >= 4 is 34.3 Å². The van der Waals surface area contributed by atoms with Crippen LogP contribution in [0.5, 0.6) is 0 Å². The van der Waals surface area contributed by atoms with E-state index in [1.807, 2.05) is 12.1 Å². The van der Waals surface area contributed by atoms with Gasteiger partial charge in [0.25, 0.3) is 5.91 Å². The van der Waals surface area contributed by atoms with Gasteiger partial charge in [-0.1, -0.05) is 0 Å². The second-order valence-electron chi connectivity index (χ2n) is 6.25. The van der Waals surface area contributed by atoms with Crippen molar-refractivity contribution in [3.8, 4) is 10.6 Å². The molecule has 0 aliphatic carbocycles. The van der Waals surface area contributed by atoms with E-state index >= 15 is 0 Å². The normalized spacial score (nSPS) is 16.8. The number of nitrogens with zero attached hydrogens (tertiary/aromatic N) is 3. The van der Waals surface area contributed by atoms with Crippen LogP contribution in [0.3, 0.4) is 0 Å². The molecule has 1 unspecified atom stereocenters. The molecular weight excluding hydrogens is 350 g/mol. The molecule has 3 heterocycles. The van der Waals surface area contributed by atoms with Crippen molar-refractivity contribution in [1.29, 1.82) is 0 Å². The van der Waals surface area contributed by atoms with E-state index in [1.165, 1.54) is 11.3 Å². The van der Waals surface area contributed by atoms with E-state index in [0.717, 1.165) is 35.8 Å². The number of nitrogens with one attached hydrogen (secondary N) is 2. The van der Waals surface area contributed by atoms with Crippen LogP contribution < -0.4 is 21.7 Å². The fraction of sp³-hybridized carbons (Fsp3) is 0.235. The topological polar surface area (TPSA) is 126 Å². The van der Waals surface area contributed by atoms with Crippen molar-refractivity contribution in [2.24, 2.45) is 5.73 Å². The van der Waals surface area contributed by atoms with E-state index in [1.54, 1.807) is 23.8 Å². The van der Waals surface area contributed by atoms with Crippen molar-refractivity contribution < 1.29 is 4.79 Å². The van der Waals surface area contributed by atoms with Crippen LogP contribution >= 0.6 is 11.3 Å². The molecule has 2 aromatic heterocycles. The molecule has 3 aromatic rings. The van der Waals surface area contributed by atoms with Gasteiger partial charge < -0.3 is 21.7 Å². The molecule has 134 valence electrons. The highest BCUT2D eigenvalue weighted by atomic mass is 32.1. The number of carbonyl (C=O) groups excluding carboxylic acids is 1. The summed E-state index contributed by atoms with van der Waals surface area (Å²) in [7, 11) is 0. The molecule has 6 N–H and O–H groups in total. The van der Waals surface area contributed by atoms with Crippen molar-refractivity contribution in [3.63, 3.8) is 0 Å². The maximum absolute atomic E-state index is 12.7. The molecule has 1 aromatic carbocycles. The number of thiazole rings is 1. The number of hydrogen-bond donors (Lipinski definition) is 4. The van der Waals surface area contributed by atoms with Gasteiger partial charge in [-0.3, -0.25) is 9.89 Å². The Hall–Kier alpha value is -2.91. The molecule has 0 saturated carbocycles. The zero-order valence-electron chi connectivity index (χ0n) is 14.0. The summed E-state index contributed by atoms with van der Waals surface area (Å²) in [5.41, 5.74) is 15.3. The van der Waals surface area contributed by atoms with E-state index in [-0.39, 0.29) is 11.9 Å². The third kappa shape index (κ3) is 3.26. The molecule has 1 amide bonds. The van der Waals surface area contributed by atoms with Crippen molar-refractivity contribution in [2.75, 3.05) is 29.0 Å². The molecule has 8 nitrogen and oxygen atoms in total. The Kier molecular flexibility index (Phi) is 4.31. The Morgan fingerprint density at radius 3 is 3.04 bits per heavy atom. The highest BCUT2D eigenvalue weighted by molar-refractivity contribution is 7.13. The van der Waals surface area contributed by atoms with Gasteiger partial charge in [-0.15, -0.1) is 11.3 Å². The molecule has 1 saturated heterocycles. The molecule has 26 heavy (non-hydrogen) atoms. The quantitative estimate of drug-likeness (QED) is 0.520. The van der Waals surface area contributed by atoms with Crippen LogP contribution in [0.1, 0.15) is 16.9 Å². The first-order valence-corrected chi connectivity index (χ1v) is 9.14. The number of carbonyl (C=O) groups is 1. The maximum atomic E-state index is 12.7. The molecule has 1 fully saturated rings. The van der Waals surface area contributed by atoms with Crippen molar-refractivity contribution in [1.82, 2.24) is 15.2 Å². The Bertz CT molecular complexity index is 921. The first kappa shape index (κ1) is 16.6. The Morgan fingerprint density at radius 1 is 1.42 bits per heavy atom. The third-order valence-corrected chi connectivity index (χ3v) is 5.21. The lowest BCUT2D eigenvalue weighted by molar-refractivity contribution is 0.102. The second-order valence-corrected chi connectivity index (χ2v) is 7.11. The van der Waals surface area contributed by atoms with Crippen LogP contribution in [0.25, 0.3) is 10.6 Å². The average molecular weight is 369 g/mol. The number of aromatic amines is 1. The Labute approximate surface area is 154 Å². The van der Waals surface area contributed by atoms with Gasteiger partial charge in [0.1, 0.15) is 10.7 Å². The summed E-state index contributed by atoms with van der Waals surface area (Å²) in [6, 6.07) is 5.66. The minimum Gasteiger partial charge on any atom is -0.399 e. The van der Waals surface area contributed by atoms with E-state index in [9.17, 15) is 4.79 Å². The molecule has 1 atom stereocenters. The van der Waals surface area contributed by atoms with E-state index in [4.69, 9.17) is 11.5 Å². The molecule has 0 radical (unpaired) electrons. The summed E-state index contributed by atoms with van der Waals surface area (Å²) >= 11 is 1.40. The fourth-order valence-corrected chi connectivity index (χ4v) is 3.78. The number of aromatic nitrogens is 3. The average Bonchev–Trinajstić information content (AvgIpc) is 3.36. The first-order chi connectivity index (χ1) is 12.6. The standard InChI is InChI=1S/C17H19N7OS/c18-11-1-2-15(24-4-3-12(19)8-24)13(5-11)22-16(25)14-9-26-17(23-14)10-6-20-21-7-10/h1-2,5-7,9,12H,3-4,8,18-19H2,(H,20,21)(H,22,25). The number of rotatable bonds is 4. The third-order valence-electron chi connectivity index (χ3n) is 4.32. The number of anilines is 3. The fourth-order valence-electron chi connectivity index (χ4n) is 3.00. The monoisotopic (exact) mass is 369 g/mol. The number of H-pyrrole nitrogens is 1. The summed E-state index contributed by atoms with van der Waals surface area (Å²) in [5.74, 6) is -0.272. The lowest BCUT2D eigenvalue weighted by Crippen LogP contribution is -2.27. The maximum Gasteiger partial charge on any atom is 0.275 e.